The lowest BCUT2D eigenvalue weighted by Crippen LogP contribution is -2.11. The molecule has 3 nitrogen and oxygen atoms in total. The van der Waals surface area contributed by atoms with Crippen LogP contribution in [-0.2, 0) is 0 Å². The number of aromatic nitrogens is 2. The summed E-state index contributed by atoms with van der Waals surface area (Å²) in [5.74, 6) is 0.835. The summed E-state index contributed by atoms with van der Waals surface area (Å²) in [6.07, 6.45) is 3.79. The van der Waals surface area contributed by atoms with Crippen LogP contribution in [0.5, 0.6) is 0 Å². The minimum Gasteiger partial charge on any atom is -0.341 e. The lowest BCUT2D eigenvalue weighted by molar-refractivity contribution is 0.609. The van der Waals surface area contributed by atoms with E-state index in [1.807, 2.05) is 24.3 Å². The van der Waals surface area contributed by atoms with Gasteiger partial charge in [-0.1, -0.05) is 37.1 Å². The van der Waals surface area contributed by atoms with Crippen molar-refractivity contribution < 1.29 is 0 Å². The zero-order chi connectivity index (χ0) is 12.3. The summed E-state index contributed by atoms with van der Waals surface area (Å²) in [5.41, 5.74) is 7.99. The highest BCUT2D eigenvalue weighted by Gasteiger charge is 2.10. The highest BCUT2D eigenvalue weighted by molar-refractivity contribution is 6.30. The van der Waals surface area contributed by atoms with Gasteiger partial charge < -0.3 is 10.7 Å². The molecular formula is C13H16ClN3. The number of rotatable bonds is 4. The summed E-state index contributed by atoms with van der Waals surface area (Å²) in [4.78, 5) is 7.56. The smallest absolute Gasteiger partial charge is 0.123 e. The molecule has 0 spiro atoms. The van der Waals surface area contributed by atoms with E-state index in [0.717, 1.165) is 34.9 Å². The van der Waals surface area contributed by atoms with Crippen LogP contribution >= 0.6 is 11.6 Å². The first-order valence-corrected chi connectivity index (χ1v) is 6.15. The first-order chi connectivity index (χ1) is 8.20. The van der Waals surface area contributed by atoms with Crippen LogP contribution in [0.15, 0.2) is 30.5 Å². The number of nitrogens with two attached hydrogens (primary N) is 1. The van der Waals surface area contributed by atoms with Gasteiger partial charge >= 0.3 is 0 Å². The Bertz CT molecular complexity index is 493. The number of H-pyrrole nitrogens is 1. The Morgan fingerprint density at radius 3 is 3.00 bits per heavy atom. The highest BCUT2D eigenvalue weighted by Crippen LogP contribution is 2.22. The molecule has 2 rings (SSSR count). The molecule has 1 unspecified atom stereocenters. The molecule has 1 aromatic carbocycles. The molecule has 0 amide bonds. The molecule has 1 aromatic heterocycles. The molecule has 0 saturated heterocycles. The lowest BCUT2D eigenvalue weighted by Gasteiger charge is -2.05. The maximum Gasteiger partial charge on any atom is 0.123 e. The minimum absolute atomic E-state index is 0.0204. The summed E-state index contributed by atoms with van der Waals surface area (Å²) >= 11 is 5.95. The van der Waals surface area contributed by atoms with Crippen LogP contribution in [0.2, 0.25) is 5.02 Å². The lowest BCUT2D eigenvalue weighted by atomic mass is 10.1. The van der Waals surface area contributed by atoms with Crippen LogP contribution in [0, 0.1) is 0 Å². The van der Waals surface area contributed by atoms with E-state index >= 15 is 0 Å². The van der Waals surface area contributed by atoms with E-state index in [1.165, 1.54) is 0 Å². The molecule has 0 aliphatic rings. The standard InChI is InChI=1S/C13H16ClN3/c1-2-4-11(15)13-16-8-12(17-13)9-5-3-6-10(14)7-9/h3,5-8,11H,2,4,15H2,1H3,(H,16,17). The zero-order valence-corrected chi connectivity index (χ0v) is 10.5. The molecule has 3 N–H and O–H groups in total. The Morgan fingerprint density at radius 2 is 2.29 bits per heavy atom. The molecule has 0 radical (unpaired) electrons. The van der Waals surface area contributed by atoms with Crippen LogP contribution in [0.25, 0.3) is 11.3 Å². The van der Waals surface area contributed by atoms with Crippen LogP contribution < -0.4 is 5.73 Å². The first kappa shape index (κ1) is 12.1. The van der Waals surface area contributed by atoms with E-state index in [4.69, 9.17) is 17.3 Å². The molecule has 0 fully saturated rings. The van der Waals surface area contributed by atoms with E-state index in [2.05, 4.69) is 16.9 Å². The molecule has 0 saturated carbocycles. The molecule has 4 heteroatoms. The van der Waals surface area contributed by atoms with Gasteiger partial charge in [0.05, 0.1) is 17.9 Å². The molecule has 1 heterocycles. The minimum atomic E-state index is -0.0204. The molecule has 0 aliphatic heterocycles. The van der Waals surface area contributed by atoms with Crippen molar-refractivity contribution in [2.24, 2.45) is 5.73 Å². The fourth-order valence-electron chi connectivity index (χ4n) is 1.78. The van der Waals surface area contributed by atoms with E-state index in [1.54, 1.807) is 6.20 Å². The van der Waals surface area contributed by atoms with Crippen molar-refractivity contribution in [3.63, 3.8) is 0 Å². The average molecular weight is 250 g/mol. The first-order valence-electron chi connectivity index (χ1n) is 5.77. The molecular weight excluding hydrogens is 234 g/mol. The van der Waals surface area contributed by atoms with Gasteiger partial charge in [-0.3, -0.25) is 0 Å². The molecule has 1 atom stereocenters. The normalized spacial score (nSPS) is 12.6. The van der Waals surface area contributed by atoms with E-state index in [-0.39, 0.29) is 6.04 Å². The van der Waals surface area contributed by atoms with Crippen molar-refractivity contribution in [3.8, 4) is 11.3 Å². The summed E-state index contributed by atoms with van der Waals surface area (Å²) in [6, 6.07) is 7.65. The molecule has 0 bridgehead atoms. The second kappa shape index (κ2) is 5.34. The number of nitrogens with one attached hydrogen (secondary N) is 1. The third-order valence-electron chi connectivity index (χ3n) is 2.68. The number of nitrogens with zero attached hydrogens (tertiary/aromatic N) is 1. The Kier molecular flexibility index (Phi) is 3.82. The Balaban J connectivity index is 2.23. The largest absolute Gasteiger partial charge is 0.341 e. The van der Waals surface area contributed by atoms with E-state index in [9.17, 15) is 0 Å². The van der Waals surface area contributed by atoms with Gasteiger partial charge in [0, 0.05) is 10.6 Å². The fourth-order valence-corrected chi connectivity index (χ4v) is 1.97. The third kappa shape index (κ3) is 2.87. The summed E-state index contributed by atoms with van der Waals surface area (Å²) in [7, 11) is 0. The molecule has 90 valence electrons. The van der Waals surface area contributed by atoms with Crippen molar-refractivity contribution in [2.75, 3.05) is 0 Å². The number of halogens is 1. The van der Waals surface area contributed by atoms with Gasteiger partial charge in [0.2, 0.25) is 0 Å². The summed E-state index contributed by atoms with van der Waals surface area (Å²) in [6.45, 7) is 2.11. The molecule has 0 aliphatic carbocycles. The van der Waals surface area contributed by atoms with Gasteiger partial charge in [-0.05, 0) is 18.6 Å². The monoisotopic (exact) mass is 249 g/mol. The average Bonchev–Trinajstić information content (AvgIpc) is 2.78. The van der Waals surface area contributed by atoms with E-state index in [0.29, 0.717) is 0 Å². The van der Waals surface area contributed by atoms with Crippen LogP contribution in [0.1, 0.15) is 31.6 Å². The van der Waals surface area contributed by atoms with Crippen molar-refractivity contribution in [3.05, 3.63) is 41.3 Å². The van der Waals surface area contributed by atoms with Crippen LogP contribution in [-0.4, -0.2) is 9.97 Å². The van der Waals surface area contributed by atoms with Gasteiger partial charge in [0.15, 0.2) is 0 Å². The second-order valence-corrected chi connectivity index (χ2v) is 4.52. The van der Waals surface area contributed by atoms with Gasteiger partial charge in [-0.25, -0.2) is 4.98 Å². The maximum atomic E-state index is 6.01. The predicted octanol–water partition coefficient (Wildman–Crippen LogP) is 3.53. The van der Waals surface area contributed by atoms with E-state index < -0.39 is 0 Å². The second-order valence-electron chi connectivity index (χ2n) is 4.09. The Labute approximate surface area is 106 Å². The van der Waals surface area contributed by atoms with Crippen LogP contribution in [0.3, 0.4) is 0 Å². The summed E-state index contributed by atoms with van der Waals surface area (Å²) in [5, 5.41) is 0.719. The third-order valence-corrected chi connectivity index (χ3v) is 2.92. The SMILES string of the molecule is CCCC(N)c1ncc(-c2cccc(Cl)c2)[nH]1. The Hall–Kier alpha value is -1.32. The van der Waals surface area contributed by atoms with Crippen molar-refractivity contribution in [2.45, 2.75) is 25.8 Å². The zero-order valence-electron chi connectivity index (χ0n) is 9.78. The quantitative estimate of drug-likeness (QED) is 0.871. The van der Waals surface area contributed by atoms with Gasteiger partial charge in [0.25, 0.3) is 0 Å². The number of imidazole rings is 1. The predicted molar refractivity (Wildman–Crippen MR) is 70.9 cm³/mol. The number of aromatic amines is 1. The van der Waals surface area contributed by atoms with Crippen molar-refractivity contribution in [1.82, 2.24) is 9.97 Å². The van der Waals surface area contributed by atoms with Gasteiger partial charge in [-0.2, -0.15) is 0 Å². The van der Waals surface area contributed by atoms with Gasteiger partial charge in [-0.15, -0.1) is 0 Å². The Morgan fingerprint density at radius 1 is 1.47 bits per heavy atom. The number of benzene rings is 1. The number of hydrogen-bond acceptors (Lipinski definition) is 2. The van der Waals surface area contributed by atoms with Crippen molar-refractivity contribution in [1.29, 1.82) is 0 Å². The summed E-state index contributed by atoms with van der Waals surface area (Å²) < 4.78 is 0. The topological polar surface area (TPSA) is 54.7 Å². The number of hydrogen-bond donors (Lipinski definition) is 2. The molecule has 2 aromatic rings. The van der Waals surface area contributed by atoms with Gasteiger partial charge in [0.1, 0.15) is 5.82 Å². The molecule has 17 heavy (non-hydrogen) atoms. The maximum absolute atomic E-state index is 6.01. The van der Waals surface area contributed by atoms with Crippen molar-refractivity contribution >= 4 is 11.6 Å². The fraction of sp³-hybridized carbons (Fsp3) is 0.308. The van der Waals surface area contributed by atoms with Crippen LogP contribution in [0.4, 0.5) is 0 Å². The highest BCUT2D eigenvalue weighted by atomic mass is 35.5.